The smallest absolute Gasteiger partial charge is 0.272 e. The lowest BCUT2D eigenvalue weighted by atomic mass is 10.1. The lowest BCUT2D eigenvalue weighted by Crippen LogP contribution is -2.30. The fourth-order valence-corrected chi connectivity index (χ4v) is 6.67. The molecule has 0 saturated carbocycles. The molecule has 47 heavy (non-hydrogen) atoms. The lowest BCUT2D eigenvalue weighted by Gasteiger charge is -2.15. The second-order valence-electron chi connectivity index (χ2n) is 11.1. The zero-order chi connectivity index (χ0) is 33.3. The maximum Gasteiger partial charge on any atom is 0.272 e. The summed E-state index contributed by atoms with van der Waals surface area (Å²) in [5.74, 6) is -0.989. The zero-order valence-electron chi connectivity index (χ0n) is 26.7. The highest BCUT2D eigenvalue weighted by atomic mass is 32.2. The fraction of sp³-hybridized carbons (Fsp3) is 0.158. The topological polar surface area (TPSA) is 100 Å². The standard InChI is InChI=1S/C38H36N4O3S2/c1-5-33(37(45)42-38-41-34(26(4)46-38)28-19-17-24(2)18-20-28)47-31-16-10-15-30(23-31)39-36(44)32(22-27-12-9-11-25(3)21-27)40-35(43)29-13-7-6-8-14-29/h6-23,33H,5H2,1-4H3,(H,39,44)(H,40,43)(H,41,42,45)/b32-22+. The van der Waals surface area contributed by atoms with Crippen LogP contribution in [0.25, 0.3) is 17.3 Å². The summed E-state index contributed by atoms with van der Waals surface area (Å²) >= 11 is 2.87. The van der Waals surface area contributed by atoms with Gasteiger partial charge in [-0.05, 0) is 69.2 Å². The molecule has 0 fully saturated rings. The third-order valence-corrected chi connectivity index (χ3v) is 9.51. The van der Waals surface area contributed by atoms with Crippen molar-refractivity contribution in [3.63, 3.8) is 0 Å². The van der Waals surface area contributed by atoms with Crippen LogP contribution in [0, 0.1) is 20.8 Å². The van der Waals surface area contributed by atoms with Gasteiger partial charge in [-0.25, -0.2) is 4.98 Å². The van der Waals surface area contributed by atoms with Crippen molar-refractivity contribution < 1.29 is 14.4 Å². The van der Waals surface area contributed by atoms with Gasteiger partial charge in [0.1, 0.15) is 5.70 Å². The van der Waals surface area contributed by atoms with Crippen LogP contribution in [0.3, 0.4) is 0 Å². The Balaban J connectivity index is 1.28. The monoisotopic (exact) mass is 660 g/mol. The van der Waals surface area contributed by atoms with E-state index >= 15 is 0 Å². The number of rotatable bonds is 11. The number of thioether (sulfide) groups is 1. The highest BCUT2D eigenvalue weighted by Gasteiger charge is 2.21. The van der Waals surface area contributed by atoms with Gasteiger partial charge in [0.05, 0.1) is 10.9 Å². The molecule has 1 heterocycles. The van der Waals surface area contributed by atoms with E-state index in [4.69, 9.17) is 4.98 Å². The Bertz CT molecular complexity index is 1920. The summed E-state index contributed by atoms with van der Waals surface area (Å²) in [7, 11) is 0. The lowest BCUT2D eigenvalue weighted by molar-refractivity contribution is -0.116. The van der Waals surface area contributed by atoms with E-state index in [1.807, 2.05) is 88.4 Å². The van der Waals surface area contributed by atoms with E-state index in [1.54, 1.807) is 36.4 Å². The van der Waals surface area contributed by atoms with Gasteiger partial charge in [-0.15, -0.1) is 23.1 Å². The Morgan fingerprint density at radius 2 is 1.57 bits per heavy atom. The fourth-order valence-electron chi connectivity index (χ4n) is 4.82. The van der Waals surface area contributed by atoms with E-state index in [0.717, 1.165) is 32.2 Å². The van der Waals surface area contributed by atoms with Crippen LogP contribution >= 0.6 is 23.1 Å². The molecule has 1 atom stereocenters. The van der Waals surface area contributed by atoms with Crippen molar-refractivity contribution in [3.05, 3.63) is 136 Å². The second kappa shape index (κ2) is 15.5. The van der Waals surface area contributed by atoms with Gasteiger partial charge in [0.15, 0.2) is 5.13 Å². The van der Waals surface area contributed by atoms with E-state index < -0.39 is 5.91 Å². The number of carbonyl (C=O) groups excluding carboxylic acids is 3. The molecule has 238 valence electrons. The first-order valence-corrected chi connectivity index (χ1v) is 17.0. The van der Waals surface area contributed by atoms with Crippen molar-refractivity contribution in [3.8, 4) is 11.3 Å². The molecule has 0 saturated heterocycles. The molecule has 4 aromatic carbocycles. The molecule has 9 heteroatoms. The first-order chi connectivity index (χ1) is 22.7. The summed E-state index contributed by atoms with van der Waals surface area (Å²) in [6, 6.07) is 31.9. The summed E-state index contributed by atoms with van der Waals surface area (Å²) in [4.78, 5) is 46.4. The normalized spacial score (nSPS) is 11.9. The largest absolute Gasteiger partial charge is 0.321 e. The average molecular weight is 661 g/mol. The molecular weight excluding hydrogens is 625 g/mol. The number of carbonyl (C=O) groups is 3. The molecule has 3 amide bonds. The van der Waals surface area contributed by atoms with Crippen molar-refractivity contribution in [2.24, 2.45) is 0 Å². The first-order valence-electron chi connectivity index (χ1n) is 15.3. The van der Waals surface area contributed by atoms with E-state index in [2.05, 4.69) is 28.1 Å². The van der Waals surface area contributed by atoms with Crippen LogP contribution in [0.1, 0.15) is 45.3 Å². The molecular formula is C38H36N4O3S2. The molecule has 5 rings (SSSR count). The second-order valence-corrected chi connectivity index (χ2v) is 13.5. The minimum atomic E-state index is -0.466. The highest BCUT2D eigenvalue weighted by Crippen LogP contribution is 2.33. The van der Waals surface area contributed by atoms with Gasteiger partial charge < -0.3 is 16.0 Å². The van der Waals surface area contributed by atoms with E-state index in [0.29, 0.717) is 22.8 Å². The van der Waals surface area contributed by atoms with Crippen molar-refractivity contribution >= 4 is 57.7 Å². The van der Waals surface area contributed by atoms with Crippen LogP contribution in [0.4, 0.5) is 10.8 Å². The Labute approximate surface area is 283 Å². The van der Waals surface area contributed by atoms with Gasteiger partial charge in [-0.3, -0.25) is 14.4 Å². The van der Waals surface area contributed by atoms with Crippen LogP contribution in [-0.4, -0.2) is 28.0 Å². The van der Waals surface area contributed by atoms with Crippen LogP contribution < -0.4 is 16.0 Å². The number of aryl methyl sites for hydroxylation is 3. The summed E-state index contributed by atoms with van der Waals surface area (Å²) < 4.78 is 0. The number of hydrogen-bond acceptors (Lipinski definition) is 6. The average Bonchev–Trinajstić information content (AvgIpc) is 3.43. The Hall–Kier alpha value is -4.99. The quantitative estimate of drug-likeness (QED) is 0.0973. The maximum absolute atomic E-state index is 13.5. The van der Waals surface area contributed by atoms with Gasteiger partial charge in [-0.1, -0.05) is 90.8 Å². The van der Waals surface area contributed by atoms with Gasteiger partial charge in [0.25, 0.3) is 11.8 Å². The number of anilines is 2. The number of aromatic nitrogens is 1. The van der Waals surface area contributed by atoms with Crippen LogP contribution in [0.15, 0.2) is 114 Å². The third kappa shape index (κ3) is 9.06. The van der Waals surface area contributed by atoms with Crippen molar-refractivity contribution in [1.82, 2.24) is 10.3 Å². The maximum atomic E-state index is 13.5. The molecule has 1 unspecified atom stereocenters. The zero-order valence-corrected chi connectivity index (χ0v) is 28.3. The van der Waals surface area contributed by atoms with E-state index in [-0.39, 0.29) is 22.8 Å². The summed E-state index contributed by atoms with van der Waals surface area (Å²) in [5.41, 5.74) is 5.96. The molecule has 1 aromatic heterocycles. The molecule has 0 bridgehead atoms. The Kier molecular flexibility index (Phi) is 11.0. The van der Waals surface area contributed by atoms with Gasteiger partial charge in [-0.2, -0.15) is 0 Å². The highest BCUT2D eigenvalue weighted by molar-refractivity contribution is 8.00. The number of amides is 3. The minimum absolute atomic E-state index is 0.108. The Morgan fingerprint density at radius 3 is 2.30 bits per heavy atom. The predicted octanol–water partition coefficient (Wildman–Crippen LogP) is 8.65. The van der Waals surface area contributed by atoms with Crippen molar-refractivity contribution in [2.75, 3.05) is 10.6 Å². The number of hydrogen-bond donors (Lipinski definition) is 3. The third-order valence-electron chi connectivity index (χ3n) is 7.27. The summed E-state index contributed by atoms with van der Waals surface area (Å²) in [6.07, 6.45) is 2.25. The van der Waals surface area contributed by atoms with Gasteiger partial charge in [0, 0.05) is 26.6 Å². The molecule has 0 aliphatic heterocycles. The van der Waals surface area contributed by atoms with E-state index in [9.17, 15) is 14.4 Å². The number of benzene rings is 4. The van der Waals surface area contributed by atoms with Crippen molar-refractivity contribution in [1.29, 1.82) is 0 Å². The number of thiazole rings is 1. The van der Waals surface area contributed by atoms with E-state index in [1.165, 1.54) is 28.7 Å². The number of nitrogens with one attached hydrogen (secondary N) is 3. The van der Waals surface area contributed by atoms with Crippen LogP contribution in [-0.2, 0) is 9.59 Å². The molecule has 5 aromatic rings. The Morgan fingerprint density at radius 1 is 0.830 bits per heavy atom. The first kappa shape index (κ1) is 33.4. The van der Waals surface area contributed by atoms with Gasteiger partial charge >= 0.3 is 0 Å². The van der Waals surface area contributed by atoms with Gasteiger partial charge in [0.2, 0.25) is 5.91 Å². The number of nitrogens with zero attached hydrogens (tertiary/aromatic N) is 1. The molecule has 7 nitrogen and oxygen atoms in total. The molecule has 0 spiro atoms. The minimum Gasteiger partial charge on any atom is -0.321 e. The van der Waals surface area contributed by atoms with Crippen molar-refractivity contribution in [2.45, 2.75) is 44.3 Å². The SMILES string of the molecule is CCC(Sc1cccc(NC(=O)/C(=C\c2cccc(C)c2)NC(=O)c2ccccc2)c1)C(=O)Nc1nc(-c2ccc(C)cc2)c(C)s1. The molecule has 0 radical (unpaired) electrons. The summed E-state index contributed by atoms with van der Waals surface area (Å²) in [6.45, 7) is 7.98. The predicted molar refractivity (Wildman–Crippen MR) is 194 cm³/mol. The summed E-state index contributed by atoms with van der Waals surface area (Å²) in [5, 5.41) is 8.89. The molecule has 0 aliphatic rings. The van der Waals surface area contributed by atoms with Crippen LogP contribution in [0.5, 0.6) is 0 Å². The van der Waals surface area contributed by atoms with Crippen LogP contribution in [0.2, 0.25) is 0 Å². The molecule has 3 N–H and O–H groups in total. The molecule has 0 aliphatic carbocycles.